The molecule has 0 atom stereocenters. The van der Waals surface area contributed by atoms with Crippen LogP contribution >= 0.6 is 0 Å². The third-order valence-electron chi connectivity index (χ3n) is 1.66. The fourth-order valence-electron chi connectivity index (χ4n) is 0.998. The molecular weight excluding hydrogens is 178 g/mol. The van der Waals surface area contributed by atoms with Gasteiger partial charge in [-0.1, -0.05) is 0 Å². The predicted molar refractivity (Wildman–Crippen MR) is 59.7 cm³/mol. The molecule has 0 fully saturated rings. The van der Waals surface area contributed by atoms with Gasteiger partial charge in [-0.3, -0.25) is 0 Å². The van der Waals surface area contributed by atoms with Crippen molar-refractivity contribution in [3.63, 3.8) is 0 Å². The van der Waals surface area contributed by atoms with Crippen LogP contribution in [0.15, 0.2) is 0 Å². The zero-order valence-electron chi connectivity index (χ0n) is 10.1. The first-order chi connectivity index (χ1) is 6.56. The molecule has 0 aromatic rings. The Hall–Kier alpha value is -0.120. The maximum Gasteiger partial charge on any atom is 0.0599 e. The van der Waals surface area contributed by atoms with Gasteiger partial charge in [-0.15, -0.1) is 0 Å². The van der Waals surface area contributed by atoms with Gasteiger partial charge in [0.2, 0.25) is 0 Å². The average Bonchev–Trinajstić information content (AvgIpc) is 2.08. The van der Waals surface area contributed by atoms with E-state index in [4.69, 9.17) is 9.47 Å². The first-order valence-corrected chi connectivity index (χ1v) is 5.48. The van der Waals surface area contributed by atoms with Gasteiger partial charge in [-0.25, -0.2) is 0 Å². The lowest BCUT2D eigenvalue weighted by Crippen LogP contribution is -2.27. The van der Waals surface area contributed by atoms with E-state index in [0.29, 0.717) is 0 Å². The average molecular weight is 203 g/mol. The van der Waals surface area contributed by atoms with E-state index in [1.165, 1.54) is 0 Å². The van der Waals surface area contributed by atoms with Gasteiger partial charge in [0, 0.05) is 19.8 Å². The summed E-state index contributed by atoms with van der Waals surface area (Å²) in [5.74, 6) is 0. The van der Waals surface area contributed by atoms with Crippen molar-refractivity contribution in [2.24, 2.45) is 0 Å². The lowest BCUT2D eigenvalue weighted by atomic mass is 10.2. The van der Waals surface area contributed by atoms with Crippen LogP contribution in [0.3, 0.4) is 0 Å². The standard InChI is InChI=1S/C11H25NO2/c1-5-13-9-6-7-12-8-10-14-11(2,3)4/h12H,5-10H2,1-4H3. The van der Waals surface area contributed by atoms with Gasteiger partial charge in [0.25, 0.3) is 0 Å². The van der Waals surface area contributed by atoms with E-state index in [-0.39, 0.29) is 5.60 Å². The van der Waals surface area contributed by atoms with Crippen molar-refractivity contribution in [3.8, 4) is 0 Å². The molecule has 0 aliphatic rings. The number of nitrogens with one attached hydrogen (secondary N) is 1. The van der Waals surface area contributed by atoms with E-state index in [0.717, 1.165) is 39.3 Å². The number of rotatable bonds is 8. The van der Waals surface area contributed by atoms with Crippen molar-refractivity contribution < 1.29 is 9.47 Å². The third-order valence-corrected chi connectivity index (χ3v) is 1.66. The zero-order valence-corrected chi connectivity index (χ0v) is 10.1. The molecule has 14 heavy (non-hydrogen) atoms. The minimum atomic E-state index is -0.0208. The quantitative estimate of drug-likeness (QED) is 0.610. The molecule has 0 unspecified atom stereocenters. The van der Waals surface area contributed by atoms with Gasteiger partial charge in [-0.05, 0) is 40.7 Å². The maximum absolute atomic E-state index is 5.56. The van der Waals surface area contributed by atoms with Gasteiger partial charge >= 0.3 is 0 Å². The molecule has 0 radical (unpaired) electrons. The molecule has 0 amide bonds. The Balaban J connectivity index is 2.99. The molecule has 0 aliphatic carbocycles. The van der Waals surface area contributed by atoms with Crippen LogP contribution in [0, 0.1) is 0 Å². The van der Waals surface area contributed by atoms with Crippen molar-refractivity contribution >= 4 is 0 Å². The molecular formula is C11H25NO2. The number of ether oxygens (including phenoxy) is 2. The van der Waals surface area contributed by atoms with Crippen molar-refractivity contribution in [3.05, 3.63) is 0 Å². The summed E-state index contributed by atoms with van der Waals surface area (Å²) in [6.45, 7) is 12.6. The Labute approximate surface area is 88.2 Å². The van der Waals surface area contributed by atoms with E-state index >= 15 is 0 Å². The second kappa shape index (κ2) is 8.21. The molecule has 3 heteroatoms. The molecule has 0 rings (SSSR count). The molecule has 0 saturated heterocycles. The van der Waals surface area contributed by atoms with Gasteiger partial charge in [0.15, 0.2) is 0 Å². The highest BCUT2D eigenvalue weighted by Crippen LogP contribution is 2.04. The van der Waals surface area contributed by atoms with Crippen LogP contribution in [0.1, 0.15) is 34.1 Å². The molecule has 1 N–H and O–H groups in total. The molecule has 0 saturated carbocycles. The molecule has 0 aromatic carbocycles. The summed E-state index contributed by atoms with van der Waals surface area (Å²) in [7, 11) is 0. The Morgan fingerprint density at radius 1 is 1.07 bits per heavy atom. The van der Waals surface area contributed by atoms with E-state index in [9.17, 15) is 0 Å². The highest BCUT2D eigenvalue weighted by atomic mass is 16.5. The van der Waals surface area contributed by atoms with Crippen molar-refractivity contribution in [1.29, 1.82) is 0 Å². The van der Waals surface area contributed by atoms with Crippen molar-refractivity contribution in [1.82, 2.24) is 5.32 Å². The van der Waals surface area contributed by atoms with Gasteiger partial charge < -0.3 is 14.8 Å². The summed E-state index contributed by atoms with van der Waals surface area (Å²) in [6, 6.07) is 0. The molecule has 86 valence electrons. The minimum absolute atomic E-state index is 0.0208. The van der Waals surface area contributed by atoms with Gasteiger partial charge in [0.05, 0.1) is 12.2 Å². The van der Waals surface area contributed by atoms with E-state index in [2.05, 4.69) is 26.1 Å². The number of hydrogen-bond acceptors (Lipinski definition) is 3. The predicted octanol–water partition coefficient (Wildman–Crippen LogP) is 1.82. The monoisotopic (exact) mass is 203 g/mol. The Bertz CT molecular complexity index is 121. The largest absolute Gasteiger partial charge is 0.382 e. The van der Waals surface area contributed by atoms with E-state index in [1.54, 1.807) is 0 Å². The smallest absolute Gasteiger partial charge is 0.0599 e. The third kappa shape index (κ3) is 11.9. The Morgan fingerprint density at radius 3 is 2.36 bits per heavy atom. The summed E-state index contributed by atoms with van der Waals surface area (Å²) in [5, 5.41) is 3.31. The van der Waals surface area contributed by atoms with Crippen LogP contribution in [-0.4, -0.2) is 38.5 Å². The first-order valence-electron chi connectivity index (χ1n) is 5.48. The highest BCUT2D eigenvalue weighted by molar-refractivity contribution is 4.59. The molecule has 0 aromatic heterocycles. The molecule has 0 heterocycles. The molecule has 0 bridgehead atoms. The fourth-order valence-corrected chi connectivity index (χ4v) is 0.998. The topological polar surface area (TPSA) is 30.5 Å². The minimum Gasteiger partial charge on any atom is -0.382 e. The normalized spacial score (nSPS) is 12.0. The van der Waals surface area contributed by atoms with Gasteiger partial charge in [-0.2, -0.15) is 0 Å². The molecule has 3 nitrogen and oxygen atoms in total. The van der Waals surface area contributed by atoms with Crippen LogP contribution < -0.4 is 5.32 Å². The summed E-state index contributed by atoms with van der Waals surface area (Å²) >= 11 is 0. The Kier molecular flexibility index (Phi) is 8.14. The SMILES string of the molecule is CCOCCCNCCOC(C)(C)C. The number of hydrogen-bond donors (Lipinski definition) is 1. The zero-order chi connectivity index (χ0) is 10.9. The van der Waals surface area contributed by atoms with Gasteiger partial charge in [0.1, 0.15) is 0 Å². The van der Waals surface area contributed by atoms with E-state index in [1.807, 2.05) is 6.92 Å². The van der Waals surface area contributed by atoms with Crippen LogP contribution in [-0.2, 0) is 9.47 Å². The van der Waals surface area contributed by atoms with Crippen LogP contribution in [0.2, 0.25) is 0 Å². The summed E-state index contributed by atoms with van der Waals surface area (Å²) in [4.78, 5) is 0. The van der Waals surface area contributed by atoms with Crippen LogP contribution in [0.5, 0.6) is 0 Å². The van der Waals surface area contributed by atoms with Crippen LogP contribution in [0.4, 0.5) is 0 Å². The summed E-state index contributed by atoms with van der Waals surface area (Å²) in [5.41, 5.74) is -0.0208. The highest BCUT2D eigenvalue weighted by Gasteiger charge is 2.08. The maximum atomic E-state index is 5.56. The van der Waals surface area contributed by atoms with Crippen molar-refractivity contribution in [2.75, 3.05) is 32.9 Å². The lowest BCUT2D eigenvalue weighted by Gasteiger charge is -2.19. The second-order valence-electron chi connectivity index (χ2n) is 4.26. The van der Waals surface area contributed by atoms with Crippen molar-refractivity contribution in [2.45, 2.75) is 39.7 Å². The lowest BCUT2D eigenvalue weighted by molar-refractivity contribution is -0.000903. The summed E-state index contributed by atoms with van der Waals surface area (Å²) < 4.78 is 10.8. The van der Waals surface area contributed by atoms with Crippen LogP contribution in [0.25, 0.3) is 0 Å². The second-order valence-corrected chi connectivity index (χ2v) is 4.26. The molecule has 0 spiro atoms. The molecule has 0 aliphatic heterocycles. The fraction of sp³-hybridized carbons (Fsp3) is 1.00. The Morgan fingerprint density at radius 2 is 1.79 bits per heavy atom. The van der Waals surface area contributed by atoms with E-state index < -0.39 is 0 Å². The summed E-state index contributed by atoms with van der Waals surface area (Å²) in [6.07, 6.45) is 1.07. The first kappa shape index (κ1) is 13.9.